The largest absolute Gasteiger partial charge is 0.454 e. The van der Waals surface area contributed by atoms with Gasteiger partial charge in [0.25, 0.3) is 0 Å². The Morgan fingerprint density at radius 3 is 2.64 bits per heavy atom. The lowest BCUT2D eigenvalue weighted by molar-refractivity contribution is -0.131. The summed E-state index contributed by atoms with van der Waals surface area (Å²) in [6, 6.07) is 15.7. The Balaban J connectivity index is 1.71. The van der Waals surface area contributed by atoms with E-state index >= 15 is 0 Å². The summed E-state index contributed by atoms with van der Waals surface area (Å²) in [7, 11) is 1.83. The van der Waals surface area contributed by atoms with E-state index in [0.717, 1.165) is 16.9 Å². The van der Waals surface area contributed by atoms with Crippen LogP contribution < -0.4 is 9.47 Å². The molecule has 1 aliphatic heterocycles. The molecule has 2 aromatic carbocycles. The predicted molar refractivity (Wildman–Crippen MR) is 83.9 cm³/mol. The van der Waals surface area contributed by atoms with Crippen molar-refractivity contribution in [3.8, 4) is 11.5 Å². The van der Waals surface area contributed by atoms with Crippen molar-refractivity contribution in [3.63, 3.8) is 0 Å². The summed E-state index contributed by atoms with van der Waals surface area (Å²) < 4.78 is 10.7. The maximum Gasteiger partial charge on any atom is 0.231 e. The van der Waals surface area contributed by atoms with Crippen LogP contribution in [-0.4, -0.2) is 24.6 Å². The van der Waals surface area contributed by atoms with Crippen LogP contribution in [0.2, 0.25) is 0 Å². The molecule has 1 heterocycles. The van der Waals surface area contributed by atoms with Crippen molar-refractivity contribution in [1.29, 1.82) is 0 Å². The molecule has 0 saturated heterocycles. The van der Waals surface area contributed by atoms with Crippen molar-refractivity contribution >= 4 is 5.91 Å². The van der Waals surface area contributed by atoms with Crippen LogP contribution in [0.15, 0.2) is 48.5 Å². The minimum absolute atomic E-state index is 0.0859. The van der Waals surface area contributed by atoms with Crippen molar-refractivity contribution in [1.82, 2.24) is 4.90 Å². The van der Waals surface area contributed by atoms with E-state index in [4.69, 9.17) is 9.47 Å². The summed E-state index contributed by atoms with van der Waals surface area (Å²) in [5.41, 5.74) is 2.06. The highest BCUT2D eigenvalue weighted by Crippen LogP contribution is 2.34. The molecule has 0 radical (unpaired) electrons. The molecular weight excluding hydrogens is 278 g/mol. The van der Waals surface area contributed by atoms with Crippen LogP contribution in [0.1, 0.15) is 24.0 Å². The third kappa shape index (κ3) is 2.91. The molecule has 0 unspecified atom stereocenters. The number of likely N-dealkylation sites (N-methyl/N-ethyl adjacent to an activating group) is 1. The van der Waals surface area contributed by atoms with Gasteiger partial charge in [0, 0.05) is 13.6 Å². The van der Waals surface area contributed by atoms with Crippen LogP contribution in [0, 0.1) is 0 Å². The van der Waals surface area contributed by atoms with E-state index in [-0.39, 0.29) is 18.6 Å². The van der Waals surface area contributed by atoms with Gasteiger partial charge >= 0.3 is 0 Å². The van der Waals surface area contributed by atoms with Crippen LogP contribution >= 0.6 is 0 Å². The summed E-state index contributed by atoms with van der Waals surface area (Å²) in [6.07, 6.45) is 0. The van der Waals surface area contributed by atoms with Gasteiger partial charge in [-0.3, -0.25) is 4.79 Å². The molecule has 3 rings (SSSR count). The van der Waals surface area contributed by atoms with E-state index in [1.165, 1.54) is 0 Å². The quantitative estimate of drug-likeness (QED) is 0.870. The topological polar surface area (TPSA) is 38.8 Å². The molecular formula is C18H19NO3. The number of carbonyl (C=O) groups is 1. The summed E-state index contributed by atoms with van der Waals surface area (Å²) in [5, 5.41) is 0. The molecule has 1 atom stereocenters. The first-order valence-corrected chi connectivity index (χ1v) is 7.33. The lowest BCUT2D eigenvalue weighted by Crippen LogP contribution is -2.30. The van der Waals surface area contributed by atoms with Gasteiger partial charge in [0.2, 0.25) is 12.7 Å². The fourth-order valence-electron chi connectivity index (χ4n) is 2.59. The monoisotopic (exact) mass is 297 g/mol. The first-order chi connectivity index (χ1) is 10.6. The van der Waals surface area contributed by atoms with Gasteiger partial charge in [-0.15, -0.1) is 0 Å². The maximum atomic E-state index is 12.6. The fraction of sp³-hybridized carbons (Fsp3) is 0.278. The second kappa shape index (κ2) is 6.10. The lowest BCUT2D eigenvalue weighted by Gasteiger charge is -2.22. The summed E-state index contributed by atoms with van der Waals surface area (Å²) >= 11 is 0. The van der Waals surface area contributed by atoms with E-state index < -0.39 is 0 Å². The standard InChI is InChI=1S/C18H19NO3/c1-13(15-8-9-16-17(10-15)22-12-21-16)18(20)19(2)11-14-6-4-3-5-7-14/h3-10,13H,11-12H2,1-2H3/t13-/m0/s1. The van der Waals surface area contributed by atoms with Crippen LogP contribution in [0.3, 0.4) is 0 Å². The Hall–Kier alpha value is -2.49. The molecule has 22 heavy (non-hydrogen) atoms. The highest BCUT2D eigenvalue weighted by atomic mass is 16.7. The zero-order chi connectivity index (χ0) is 15.5. The highest BCUT2D eigenvalue weighted by Gasteiger charge is 2.22. The highest BCUT2D eigenvalue weighted by molar-refractivity contribution is 5.83. The van der Waals surface area contributed by atoms with Crippen LogP contribution in [-0.2, 0) is 11.3 Å². The lowest BCUT2D eigenvalue weighted by atomic mass is 9.99. The van der Waals surface area contributed by atoms with E-state index in [1.54, 1.807) is 4.90 Å². The van der Waals surface area contributed by atoms with E-state index in [2.05, 4.69) is 0 Å². The Labute approximate surface area is 130 Å². The second-order valence-electron chi connectivity index (χ2n) is 5.51. The SMILES string of the molecule is C[C@H](C(=O)N(C)Cc1ccccc1)c1ccc2c(c1)OCO2. The third-order valence-electron chi connectivity index (χ3n) is 3.91. The number of hydrogen-bond acceptors (Lipinski definition) is 3. The third-order valence-corrected chi connectivity index (χ3v) is 3.91. The predicted octanol–water partition coefficient (Wildman–Crippen LogP) is 3.18. The van der Waals surface area contributed by atoms with Gasteiger partial charge in [-0.25, -0.2) is 0 Å². The number of carbonyl (C=O) groups excluding carboxylic acids is 1. The molecule has 0 spiro atoms. The average molecular weight is 297 g/mol. The molecule has 1 aliphatic rings. The van der Waals surface area contributed by atoms with Crippen LogP contribution in [0.5, 0.6) is 11.5 Å². The second-order valence-corrected chi connectivity index (χ2v) is 5.51. The molecule has 4 heteroatoms. The molecule has 4 nitrogen and oxygen atoms in total. The number of fused-ring (bicyclic) bond motifs is 1. The van der Waals surface area contributed by atoms with Gasteiger partial charge in [0.15, 0.2) is 11.5 Å². The van der Waals surface area contributed by atoms with Gasteiger partial charge in [-0.05, 0) is 30.2 Å². The molecule has 114 valence electrons. The van der Waals surface area contributed by atoms with Crippen molar-refractivity contribution in [2.45, 2.75) is 19.4 Å². The fourth-order valence-corrected chi connectivity index (χ4v) is 2.59. The van der Waals surface area contributed by atoms with Gasteiger partial charge in [0.1, 0.15) is 0 Å². The van der Waals surface area contributed by atoms with Crippen molar-refractivity contribution < 1.29 is 14.3 Å². The smallest absolute Gasteiger partial charge is 0.231 e. The number of ether oxygens (including phenoxy) is 2. The van der Waals surface area contributed by atoms with Crippen LogP contribution in [0.4, 0.5) is 0 Å². The molecule has 0 saturated carbocycles. The summed E-state index contributed by atoms with van der Waals surface area (Å²) in [6.45, 7) is 2.77. The Kier molecular flexibility index (Phi) is 4.00. The van der Waals surface area contributed by atoms with E-state index in [0.29, 0.717) is 12.3 Å². The molecule has 1 amide bonds. The first kappa shape index (κ1) is 14.4. The first-order valence-electron chi connectivity index (χ1n) is 7.33. The number of rotatable bonds is 4. The maximum absolute atomic E-state index is 12.6. The molecule has 0 aliphatic carbocycles. The molecule has 0 fully saturated rings. The van der Waals surface area contributed by atoms with Crippen LogP contribution in [0.25, 0.3) is 0 Å². The zero-order valence-electron chi connectivity index (χ0n) is 12.8. The van der Waals surface area contributed by atoms with E-state index in [9.17, 15) is 4.79 Å². The summed E-state index contributed by atoms with van der Waals surface area (Å²) in [4.78, 5) is 14.4. The number of hydrogen-bond donors (Lipinski definition) is 0. The normalized spacial score (nSPS) is 13.7. The van der Waals surface area contributed by atoms with Gasteiger partial charge in [-0.1, -0.05) is 36.4 Å². The molecule has 0 N–H and O–H groups in total. The van der Waals surface area contributed by atoms with E-state index in [1.807, 2.05) is 62.5 Å². The minimum atomic E-state index is -0.219. The minimum Gasteiger partial charge on any atom is -0.454 e. The number of amides is 1. The van der Waals surface area contributed by atoms with Gasteiger partial charge < -0.3 is 14.4 Å². The number of benzene rings is 2. The Morgan fingerprint density at radius 1 is 1.14 bits per heavy atom. The van der Waals surface area contributed by atoms with Crippen molar-refractivity contribution in [2.75, 3.05) is 13.8 Å². The van der Waals surface area contributed by atoms with Crippen molar-refractivity contribution in [2.24, 2.45) is 0 Å². The Bertz CT molecular complexity index is 669. The molecule has 0 aromatic heterocycles. The number of nitrogens with zero attached hydrogens (tertiary/aromatic N) is 1. The molecule has 2 aromatic rings. The molecule has 0 bridgehead atoms. The van der Waals surface area contributed by atoms with Gasteiger partial charge in [-0.2, -0.15) is 0 Å². The zero-order valence-corrected chi connectivity index (χ0v) is 12.8. The summed E-state index contributed by atoms with van der Waals surface area (Å²) in [5.74, 6) is 1.31. The van der Waals surface area contributed by atoms with Crippen molar-refractivity contribution in [3.05, 3.63) is 59.7 Å². The average Bonchev–Trinajstić information content (AvgIpc) is 3.02. The van der Waals surface area contributed by atoms with Gasteiger partial charge in [0.05, 0.1) is 5.92 Å². The Morgan fingerprint density at radius 2 is 1.86 bits per heavy atom.